The van der Waals surface area contributed by atoms with Gasteiger partial charge >= 0.3 is 0 Å². The zero-order chi connectivity index (χ0) is 14.4. The van der Waals surface area contributed by atoms with Crippen molar-refractivity contribution in [1.29, 1.82) is 0 Å². The Kier molecular flexibility index (Phi) is 6.20. The Hall–Kier alpha value is -0.710. The molecule has 0 amide bonds. The molecule has 1 aromatic heterocycles. The summed E-state index contributed by atoms with van der Waals surface area (Å²) in [4.78, 5) is 0. The van der Waals surface area contributed by atoms with Crippen molar-refractivity contribution in [2.45, 2.75) is 32.2 Å². The van der Waals surface area contributed by atoms with Crippen LogP contribution in [0.5, 0.6) is 0 Å². The van der Waals surface area contributed by atoms with Gasteiger partial charge in [-0.2, -0.15) is 11.3 Å². The Morgan fingerprint density at radius 3 is 2.90 bits per heavy atom. The second-order valence-electron chi connectivity index (χ2n) is 4.84. The van der Waals surface area contributed by atoms with Crippen molar-refractivity contribution in [2.24, 2.45) is 0 Å². The van der Waals surface area contributed by atoms with E-state index < -0.39 is 0 Å². The predicted molar refractivity (Wildman–Crippen MR) is 87.8 cm³/mol. The van der Waals surface area contributed by atoms with Crippen LogP contribution in [0.25, 0.3) is 0 Å². The lowest BCUT2D eigenvalue weighted by Gasteiger charge is -2.20. The molecule has 0 aliphatic carbocycles. The standard InChI is InChI=1S/C16H19BrFNS/c1-2-8-19-16(6-3-12-7-9-20-11-12)14-10-13(17)4-5-15(14)18/h4-5,7,9-11,16,19H,2-3,6,8H2,1H3. The van der Waals surface area contributed by atoms with Gasteiger partial charge in [0, 0.05) is 16.1 Å². The molecule has 0 bridgehead atoms. The van der Waals surface area contributed by atoms with Gasteiger partial charge in [0.25, 0.3) is 0 Å². The van der Waals surface area contributed by atoms with Gasteiger partial charge in [0.2, 0.25) is 0 Å². The van der Waals surface area contributed by atoms with Crippen LogP contribution in [0.15, 0.2) is 39.5 Å². The average Bonchev–Trinajstić information content (AvgIpc) is 2.95. The maximum absolute atomic E-state index is 14.1. The second kappa shape index (κ2) is 7.91. The summed E-state index contributed by atoms with van der Waals surface area (Å²) in [6.45, 7) is 3.03. The maximum atomic E-state index is 14.1. The molecule has 1 unspecified atom stereocenters. The fraction of sp³-hybridized carbons (Fsp3) is 0.375. The van der Waals surface area contributed by atoms with E-state index >= 15 is 0 Å². The minimum absolute atomic E-state index is 0.0624. The third-order valence-corrected chi connectivity index (χ3v) is 4.50. The van der Waals surface area contributed by atoms with Crippen molar-refractivity contribution in [1.82, 2.24) is 5.32 Å². The minimum Gasteiger partial charge on any atom is -0.310 e. The quantitative estimate of drug-likeness (QED) is 0.708. The molecule has 2 rings (SSSR count). The first-order valence-electron chi connectivity index (χ1n) is 6.90. The Morgan fingerprint density at radius 2 is 2.20 bits per heavy atom. The highest BCUT2D eigenvalue weighted by Crippen LogP contribution is 2.25. The summed E-state index contributed by atoms with van der Waals surface area (Å²) in [7, 11) is 0. The monoisotopic (exact) mass is 355 g/mol. The van der Waals surface area contributed by atoms with Gasteiger partial charge in [-0.1, -0.05) is 22.9 Å². The van der Waals surface area contributed by atoms with Crippen molar-refractivity contribution in [3.63, 3.8) is 0 Å². The highest BCUT2D eigenvalue weighted by molar-refractivity contribution is 9.10. The Balaban J connectivity index is 2.11. The minimum atomic E-state index is -0.132. The summed E-state index contributed by atoms with van der Waals surface area (Å²) >= 11 is 5.14. The lowest BCUT2D eigenvalue weighted by Crippen LogP contribution is -2.23. The molecule has 1 N–H and O–H groups in total. The smallest absolute Gasteiger partial charge is 0.128 e. The molecule has 2 aromatic rings. The summed E-state index contributed by atoms with van der Waals surface area (Å²) < 4.78 is 15.0. The van der Waals surface area contributed by atoms with Crippen LogP contribution in [0.2, 0.25) is 0 Å². The van der Waals surface area contributed by atoms with Gasteiger partial charge in [-0.05, 0) is 66.4 Å². The van der Waals surface area contributed by atoms with E-state index in [0.29, 0.717) is 0 Å². The van der Waals surface area contributed by atoms with Gasteiger partial charge in [-0.15, -0.1) is 0 Å². The van der Waals surface area contributed by atoms with Crippen LogP contribution < -0.4 is 5.32 Å². The van der Waals surface area contributed by atoms with Crippen LogP contribution in [0, 0.1) is 5.82 Å². The number of halogens is 2. The van der Waals surface area contributed by atoms with Gasteiger partial charge in [0.15, 0.2) is 0 Å². The Labute approximate surface area is 132 Å². The SMILES string of the molecule is CCCNC(CCc1ccsc1)c1cc(Br)ccc1F. The predicted octanol–water partition coefficient (Wildman–Crippen LogP) is 5.32. The zero-order valence-corrected chi connectivity index (χ0v) is 13.9. The first-order valence-corrected chi connectivity index (χ1v) is 8.63. The second-order valence-corrected chi connectivity index (χ2v) is 6.54. The molecule has 108 valence electrons. The molecular formula is C16H19BrFNS. The number of benzene rings is 1. The van der Waals surface area contributed by atoms with Crippen LogP contribution in [0.3, 0.4) is 0 Å². The normalized spacial score (nSPS) is 12.6. The molecule has 0 aliphatic rings. The van der Waals surface area contributed by atoms with Gasteiger partial charge in [-0.25, -0.2) is 4.39 Å². The Morgan fingerprint density at radius 1 is 1.35 bits per heavy atom. The van der Waals surface area contributed by atoms with Crippen molar-refractivity contribution in [3.8, 4) is 0 Å². The first-order chi connectivity index (χ1) is 9.70. The molecule has 20 heavy (non-hydrogen) atoms. The van der Waals surface area contributed by atoms with Crippen molar-refractivity contribution in [2.75, 3.05) is 6.54 Å². The molecule has 0 saturated heterocycles. The number of hydrogen-bond acceptors (Lipinski definition) is 2. The Bertz CT molecular complexity index is 527. The summed E-state index contributed by atoms with van der Waals surface area (Å²) in [6.07, 6.45) is 2.92. The molecule has 1 aromatic carbocycles. The van der Waals surface area contributed by atoms with Crippen LogP contribution in [-0.4, -0.2) is 6.54 Å². The van der Waals surface area contributed by atoms with E-state index in [1.807, 2.05) is 6.07 Å². The van der Waals surface area contributed by atoms with Crippen molar-refractivity contribution < 1.29 is 4.39 Å². The highest BCUT2D eigenvalue weighted by atomic mass is 79.9. The van der Waals surface area contributed by atoms with Crippen molar-refractivity contribution >= 4 is 27.3 Å². The highest BCUT2D eigenvalue weighted by Gasteiger charge is 2.15. The zero-order valence-electron chi connectivity index (χ0n) is 11.5. The van der Waals surface area contributed by atoms with E-state index in [4.69, 9.17) is 0 Å². The van der Waals surface area contributed by atoms with Gasteiger partial charge < -0.3 is 5.32 Å². The van der Waals surface area contributed by atoms with E-state index in [9.17, 15) is 4.39 Å². The molecule has 1 atom stereocenters. The van der Waals surface area contributed by atoms with E-state index in [1.165, 1.54) is 11.6 Å². The maximum Gasteiger partial charge on any atom is 0.128 e. The third kappa shape index (κ3) is 4.40. The number of aryl methyl sites for hydroxylation is 1. The van der Waals surface area contributed by atoms with Crippen LogP contribution in [-0.2, 0) is 6.42 Å². The molecule has 0 aliphatic heterocycles. The third-order valence-electron chi connectivity index (χ3n) is 3.28. The fourth-order valence-electron chi connectivity index (χ4n) is 2.21. The summed E-state index contributed by atoms with van der Waals surface area (Å²) in [5, 5.41) is 7.71. The number of hydrogen-bond donors (Lipinski definition) is 1. The van der Waals surface area contributed by atoms with E-state index in [2.05, 4.69) is 45.0 Å². The lowest BCUT2D eigenvalue weighted by molar-refractivity contribution is 0.473. The molecular weight excluding hydrogens is 337 g/mol. The summed E-state index contributed by atoms with van der Waals surface area (Å²) in [5.41, 5.74) is 2.08. The molecule has 1 heterocycles. The topological polar surface area (TPSA) is 12.0 Å². The lowest BCUT2D eigenvalue weighted by atomic mass is 9.99. The van der Waals surface area contributed by atoms with Gasteiger partial charge in [0.05, 0.1) is 0 Å². The molecule has 1 nitrogen and oxygen atoms in total. The van der Waals surface area contributed by atoms with Gasteiger partial charge in [0.1, 0.15) is 5.82 Å². The molecule has 0 saturated carbocycles. The van der Waals surface area contributed by atoms with Crippen molar-refractivity contribution in [3.05, 3.63) is 56.4 Å². The van der Waals surface area contributed by atoms with E-state index in [-0.39, 0.29) is 11.9 Å². The number of nitrogens with one attached hydrogen (secondary N) is 1. The van der Waals surface area contributed by atoms with Gasteiger partial charge in [-0.3, -0.25) is 0 Å². The van der Waals surface area contributed by atoms with Crippen LogP contribution >= 0.6 is 27.3 Å². The van der Waals surface area contributed by atoms with Crippen LogP contribution in [0.1, 0.15) is 36.9 Å². The molecule has 4 heteroatoms. The average molecular weight is 356 g/mol. The number of rotatable bonds is 7. The van der Waals surface area contributed by atoms with E-state index in [0.717, 1.165) is 35.8 Å². The fourth-order valence-corrected chi connectivity index (χ4v) is 3.30. The summed E-state index contributed by atoms with van der Waals surface area (Å²) in [6, 6.07) is 7.36. The first kappa shape index (κ1) is 15.7. The summed E-state index contributed by atoms with van der Waals surface area (Å²) in [5.74, 6) is -0.132. The number of thiophene rings is 1. The van der Waals surface area contributed by atoms with Crippen LogP contribution in [0.4, 0.5) is 4.39 Å². The molecule has 0 radical (unpaired) electrons. The molecule has 0 spiro atoms. The largest absolute Gasteiger partial charge is 0.310 e. The molecule has 0 fully saturated rings. The van der Waals surface area contributed by atoms with E-state index in [1.54, 1.807) is 17.4 Å².